The van der Waals surface area contributed by atoms with Crippen molar-refractivity contribution in [1.82, 2.24) is 10.1 Å². The Morgan fingerprint density at radius 3 is 3.00 bits per heavy atom. The number of amides is 1. The summed E-state index contributed by atoms with van der Waals surface area (Å²) in [5.41, 5.74) is 0.820. The molecular formula is C18H18N2O3S. The van der Waals surface area contributed by atoms with Gasteiger partial charge in [-0.2, -0.15) is 0 Å². The van der Waals surface area contributed by atoms with Crippen LogP contribution in [0.15, 0.2) is 50.9 Å². The topological polar surface area (TPSA) is 59.5 Å². The number of thiophene rings is 1. The van der Waals surface area contributed by atoms with Crippen molar-refractivity contribution >= 4 is 17.2 Å². The smallest absolute Gasteiger partial charge is 0.290 e. The lowest BCUT2D eigenvalue weighted by Gasteiger charge is -2.27. The molecule has 1 amide bonds. The van der Waals surface area contributed by atoms with Crippen LogP contribution in [0.5, 0.6) is 0 Å². The molecule has 0 aromatic carbocycles. The first kappa shape index (κ1) is 15.2. The van der Waals surface area contributed by atoms with Gasteiger partial charge in [0.25, 0.3) is 5.91 Å². The zero-order valence-electron chi connectivity index (χ0n) is 13.2. The lowest BCUT2D eigenvalue weighted by Crippen LogP contribution is -2.34. The SMILES string of the molecule is O=C(c1ccco1)N1CCCCCC1c1cc(-c2cccs2)on1. The molecule has 0 saturated carbocycles. The number of nitrogens with zero attached hydrogens (tertiary/aromatic N) is 2. The molecule has 1 aliphatic rings. The summed E-state index contributed by atoms with van der Waals surface area (Å²) in [6.07, 6.45) is 5.62. The summed E-state index contributed by atoms with van der Waals surface area (Å²) in [7, 11) is 0. The zero-order valence-corrected chi connectivity index (χ0v) is 14.0. The van der Waals surface area contributed by atoms with Crippen LogP contribution in [0.1, 0.15) is 48.0 Å². The minimum absolute atomic E-state index is 0.0671. The lowest BCUT2D eigenvalue weighted by molar-refractivity contribution is 0.0641. The Morgan fingerprint density at radius 1 is 1.25 bits per heavy atom. The second kappa shape index (κ2) is 6.65. The van der Waals surface area contributed by atoms with E-state index in [1.165, 1.54) is 6.26 Å². The van der Waals surface area contributed by atoms with E-state index in [1.54, 1.807) is 23.5 Å². The molecule has 1 unspecified atom stereocenters. The van der Waals surface area contributed by atoms with E-state index in [2.05, 4.69) is 5.16 Å². The number of furan rings is 1. The first-order chi connectivity index (χ1) is 11.8. The number of rotatable bonds is 3. The number of likely N-dealkylation sites (tertiary alicyclic amines) is 1. The van der Waals surface area contributed by atoms with E-state index in [0.29, 0.717) is 12.3 Å². The molecule has 124 valence electrons. The second-order valence-electron chi connectivity index (χ2n) is 5.93. The van der Waals surface area contributed by atoms with Gasteiger partial charge in [0, 0.05) is 12.6 Å². The third-order valence-corrected chi connectivity index (χ3v) is 5.26. The van der Waals surface area contributed by atoms with Crippen LogP contribution in [0.25, 0.3) is 10.6 Å². The highest BCUT2D eigenvalue weighted by atomic mass is 32.1. The molecular weight excluding hydrogens is 324 g/mol. The molecule has 3 aromatic rings. The average Bonchev–Trinajstić information content (AvgIpc) is 3.33. The molecule has 4 heterocycles. The minimum Gasteiger partial charge on any atom is -0.459 e. The fourth-order valence-electron chi connectivity index (χ4n) is 3.18. The maximum absolute atomic E-state index is 12.8. The Bertz CT molecular complexity index is 792. The summed E-state index contributed by atoms with van der Waals surface area (Å²) in [5.74, 6) is 1.06. The first-order valence-electron chi connectivity index (χ1n) is 8.18. The van der Waals surface area contributed by atoms with Crippen molar-refractivity contribution in [3.63, 3.8) is 0 Å². The predicted molar refractivity (Wildman–Crippen MR) is 90.8 cm³/mol. The van der Waals surface area contributed by atoms with Crippen molar-refractivity contribution in [1.29, 1.82) is 0 Å². The van der Waals surface area contributed by atoms with Crippen LogP contribution in [-0.2, 0) is 0 Å². The van der Waals surface area contributed by atoms with Crippen LogP contribution in [0, 0.1) is 0 Å². The second-order valence-corrected chi connectivity index (χ2v) is 6.88. The molecule has 0 N–H and O–H groups in total. The molecule has 1 aliphatic heterocycles. The molecule has 1 atom stereocenters. The van der Waals surface area contributed by atoms with Gasteiger partial charge in [0.2, 0.25) is 0 Å². The molecule has 1 fully saturated rings. The summed E-state index contributed by atoms with van der Waals surface area (Å²) >= 11 is 1.62. The number of carbonyl (C=O) groups excluding carboxylic acids is 1. The van der Waals surface area contributed by atoms with Crippen LogP contribution in [0.2, 0.25) is 0 Å². The quantitative estimate of drug-likeness (QED) is 0.689. The van der Waals surface area contributed by atoms with Gasteiger partial charge in [-0.3, -0.25) is 4.79 Å². The average molecular weight is 342 g/mol. The Kier molecular flexibility index (Phi) is 4.21. The summed E-state index contributed by atoms with van der Waals surface area (Å²) in [4.78, 5) is 15.7. The zero-order chi connectivity index (χ0) is 16.4. The molecule has 0 bridgehead atoms. The number of hydrogen-bond donors (Lipinski definition) is 0. The van der Waals surface area contributed by atoms with Gasteiger partial charge in [-0.05, 0) is 36.4 Å². The Balaban J connectivity index is 1.64. The van der Waals surface area contributed by atoms with Crippen LogP contribution in [-0.4, -0.2) is 22.5 Å². The monoisotopic (exact) mass is 342 g/mol. The molecule has 0 aliphatic carbocycles. The Morgan fingerprint density at radius 2 is 2.21 bits per heavy atom. The Hall–Kier alpha value is -2.34. The highest BCUT2D eigenvalue weighted by Gasteiger charge is 2.31. The van der Waals surface area contributed by atoms with Crippen molar-refractivity contribution in [2.45, 2.75) is 31.7 Å². The summed E-state index contributed by atoms with van der Waals surface area (Å²) in [6, 6.07) is 9.34. The van der Waals surface area contributed by atoms with Crippen LogP contribution < -0.4 is 0 Å². The summed E-state index contributed by atoms with van der Waals surface area (Å²) in [5, 5.41) is 6.27. The van der Waals surface area contributed by atoms with Gasteiger partial charge in [0.15, 0.2) is 11.5 Å². The molecule has 5 nitrogen and oxygen atoms in total. The van der Waals surface area contributed by atoms with Gasteiger partial charge in [0.05, 0.1) is 17.2 Å². The fourth-order valence-corrected chi connectivity index (χ4v) is 3.85. The van der Waals surface area contributed by atoms with E-state index in [1.807, 2.05) is 28.5 Å². The molecule has 0 radical (unpaired) electrons. The third-order valence-electron chi connectivity index (χ3n) is 4.38. The molecule has 3 aromatic heterocycles. The van der Waals surface area contributed by atoms with Crippen molar-refractivity contribution < 1.29 is 13.7 Å². The number of aromatic nitrogens is 1. The molecule has 6 heteroatoms. The maximum atomic E-state index is 12.8. The predicted octanol–water partition coefficient (Wildman–Crippen LogP) is 4.75. The van der Waals surface area contributed by atoms with Crippen LogP contribution in [0.4, 0.5) is 0 Å². The molecule has 1 saturated heterocycles. The van der Waals surface area contributed by atoms with Crippen molar-refractivity contribution in [3.8, 4) is 10.6 Å². The van der Waals surface area contributed by atoms with E-state index in [-0.39, 0.29) is 11.9 Å². The van der Waals surface area contributed by atoms with E-state index in [0.717, 1.165) is 42.0 Å². The molecule has 24 heavy (non-hydrogen) atoms. The lowest BCUT2D eigenvalue weighted by atomic mass is 10.1. The fraction of sp³-hybridized carbons (Fsp3) is 0.333. The van der Waals surface area contributed by atoms with Gasteiger partial charge in [0.1, 0.15) is 5.69 Å². The van der Waals surface area contributed by atoms with Gasteiger partial charge in [-0.25, -0.2) is 0 Å². The first-order valence-corrected chi connectivity index (χ1v) is 9.06. The summed E-state index contributed by atoms with van der Waals surface area (Å²) < 4.78 is 10.8. The van der Waals surface area contributed by atoms with E-state index in [9.17, 15) is 4.79 Å². The number of carbonyl (C=O) groups is 1. The highest BCUT2D eigenvalue weighted by molar-refractivity contribution is 7.13. The van der Waals surface area contributed by atoms with Crippen molar-refractivity contribution in [2.75, 3.05) is 6.54 Å². The largest absolute Gasteiger partial charge is 0.459 e. The van der Waals surface area contributed by atoms with E-state index < -0.39 is 0 Å². The van der Waals surface area contributed by atoms with Crippen molar-refractivity contribution in [2.24, 2.45) is 0 Å². The van der Waals surface area contributed by atoms with Gasteiger partial charge < -0.3 is 13.8 Å². The number of hydrogen-bond acceptors (Lipinski definition) is 5. The Labute approximate surface area is 143 Å². The highest BCUT2D eigenvalue weighted by Crippen LogP contribution is 2.34. The standard InChI is InChI=1S/C18H18N2O3S/c21-18(15-7-4-10-22-15)20-9-3-1-2-6-14(20)13-12-16(23-19-13)17-8-5-11-24-17/h4-5,7-8,10-12,14H,1-3,6,9H2. The van der Waals surface area contributed by atoms with Crippen LogP contribution in [0.3, 0.4) is 0 Å². The van der Waals surface area contributed by atoms with Gasteiger partial charge >= 0.3 is 0 Å². The van der Waals surface area contributed by atoms with Gasteiger partial charge in [-0.15, -0.1) is 11.3 Å². The molecule has 0 spiro atoms. The van der Waals surface area contributed by atoms with E-state index >= 15 is 0 Å². The summed E-state index contributed by atoms with van der Waals surface area (Å²) in [6.45, 7) is 0.714. The maximum Gasteiger partial charge on any atom is 0.290 e. The van der Waals surface area contributed by atoms with E-state index in [4.69, 9.17) is 8.94 Å². The minimum atomic E-state index is -0.0763. The van der Waals surface area contributed by atoms with Crippen molar-refractivity contribution in [3.05, 3.63) is 53.4 Å². The third kappa shape index (κ3) is 2.89. The van der Waals surface area contributed by atoms with Gasteiger partial charge in [-0.1, -0.05) is 24.1 Å². The van der Waals surface area contributed by atoms with Crippen LogP contribution >= 0.6 is 11.3 Å². The normalized spacial score (nSPS) is 18.5. The molecule has 4 rings (SSSR count).